The molecule has 1 aliphatic heterocycles. The zero-order valence-corrected chi connectivity index (χ0v) is 12.6. The lowest BCUT2D eigenvalue weighted by Gasteiger charge is -2.36. The fourth-order valence-corrected chi connectivity index (χ4v) is 4.31. The smallest absolute Gasteiger partial charge is 0.227 e. The number of ether oxygens (including phenoxy) is 1. The van der Waals surface area contributed by atoms with Gasteiger partial charge < -0.3 is 15.8 Å². The molecule has 0 bridgehead atoms. The Hall–Kier alpha value is -0.260. The van der Waals surface area contributed by atoms with Crippen molar-refractivity contribution >= 4 is 17.7 Å². The van der Waals surface area contributed by atoms with Crippen LogP contribution in [0.25, 0.3) is 0 Å². The molecule has 19 heavy (non-hydrogen) atoms. The van der Waals surface area contributed by atoms with Crippen molar-refractivity contribution in [3.8, 4) is 0 Å². The van der Waals surface area contributed by atoms with Crippen LogP contribution in [-0.4, -0.2) is 42.7 Å². The fourth-order valence-electron chi connectivity index (χ4n) is 3.11. The van der Waals surface area contributed by atoms with Crippen LogP contribution in [0.1, 0.15) is 39.0 Å². The Morgan fingerprint density at radius 2 is 2.16 bits per heavy atom. The highest BCUT2D eigenvalue weighted by Gasteiger charge is 2.41. The van der Waals surface area contributed by atoms with E-state index in [0.717, 1.165) is 25.0 Å². The van der Waals surface area contributed by atoms with Crippen molar-refractivity contribution < 1.29 is 9.53 Å². The van der Waals surface area contributed by atoms with E-state index in [1.165, 1.54) is 12.8 Å². The lowest BCUT2D eigenvalue weighted by atomic mass is 9.79. The predicted octanol–water partition coefficient (Wildman–Crippen LogP) is 1.53. The molecular weight excluding hydrogens is 260 g/mol. The van der Waals surface area contributed by atoms with E-state index in [4.69, 9.17) is 10.5 Å². The van der Waals surface area contributed by atoms with Crippen LogP contribution < -0.4 is 11.1 Å². The monoisotopic (exact) mass is 286 g/mol. The average molecular weight is 286 g/mol. The molecule has 1 aliphatic carbocycles. The van der Waals surface area contributed by atoms with Gasteiger partial charge in [-0.2, -0.15) is 11.8 Å². The molecule has 3 N–H and O–H groups in total. The van der Waals surface area contributed by atoms with Crippen LogP contribution in [0.5, 0.6) is 0 Å². The van der Waals surface area contributed by atoms with Crippen molar-refractivity contribution in [2.45, 2.75) is 50.3 Å². The van der Waals surface area contributed by atoms with Crippen LogP contribution in [-0.2, 0) is 9.53 Å². The molecular formula is C14H26N2O2S. The van der Waals surface area contributed by atoms with E-state index in [0.29, 0.717) is 31.1 Å². The summed E-state index contributed by atoms with van der Waals surface area (Å²) in [6, 6.07) is 0.337. The highest BCUT2D eigenvalue weighted by atomic mass is 32.2. The molecule has 0 aromatic carbocycles. The molecule has 1 amide bonds. The highest BCUT2D eigenvalue weighted by molar-refractivity contribution is 7.99. The second kappa shape index (κ2) is 6.95. The third-order valence-electron chi connectivity index (χ3n) is 4.47. The first-order chi connectivity index (χ1) is 9.22. The standard InChI is InChI=1S/C14H26N2O2S/c1-2-19-12-5-3-4-11(12)16-13(17)14(10-15)6-8-18-9-7-14/h11-12H,2-10,15H2,1H3,(H,16,17). The van der Waals surface area contributed by atoms with Gasteiger partial charge in [0, 0.05) is 31.1 Å². The van der Waals surface area contributed by atoms with Crippen molar-refractivity contribution in [2.75, 3.05) is 25.5 Å². The summed E-state index contributed by atoms with van der Waals surface area (Å²) in [7, 11) is 0. The third kappa shape index (κ3) is 3.44. The summed E-state index contributed by atoms with van der Waals surface area (Å²) in [5, 5.41) is 3.87. The lowest BCUT2D eigenvalue weighted by molar-refractivity contribution is -0.136. The molecule has 110 valence electrons. The van der Waals surface area contributed by atoms with Crippen molar-refractivity contribution in [3.05, 3.63) is 0 Å². The minimum Gasteiger partial charge on any atom is -0.381 e. The number of hydrogen-bond donors (Lipinski definition) is 2. The summed E-state index contributed by atoms with van der Waals surface area (Å²) in [4.78, 5) is 12.6. The van der Waals surface area contributed by atoms with E-state index in [2.05, 4.69) is 12.2 Å². The zero-order chi connectivity index (χ0) is 13.7. The quantitative estimate of drug-likeness (QED) is 0.804. The van der Waals surface area contributed by atoms with Crippen LogP contribution in [0.4, 0.5) is 0 Å². The summed E-state index contributed by atoms with van der Waals surface area (Å²) >= 11 is 1.97. The van der Waals surface area contributed by atoms with Crippen LogP contribution in [0.3, 0.4) is 0 Å². The summed E-state index contributed by atoms with van der Waals surface area (Å²) in [5.74, 6) is 1.28. The molecule has 2 unspecified atom stereocenters. The van der Waals surface area contributed by atoms with E-state index in [1.54, 1.807) is 0 Å². The van der Waals surface area contributed by atoms with Crippen molar-refractivity contribution in [2.24, 2.45) is 11.1 Å². The van der Waals surface area contributed by atoms with E-state index < -0.39 is 0 Å². The van der Waals surface area contributed by atoms with Gasteiger partial charge in [-0.25, -0.2) is 0 Å². The average Bonchev–Trinajstić information content (AvgIpc) is 2.87. The Morgan fingerprint density at radius 1 is 1.42 bits per heavy atom. The third-order valence-corrected chi connectivity index (χ3v) is 5.80. The van der Waals surface area contributed by atoms with Crippen LogP contribution in [0.2, 0.25) is 0 Å². The van der Waals surface area contributed by atoms with Crippen molar-refractivity contribution in [3.63, 3.8) is 0 Å². The van der Waals surface area contributed by atoms with Gasteiger partial charge in [0.05, 0.1) is 5.41 Å². The molecule has 2 atom stereocenters. The molecule has 0 aromatic heterocycles. The largest absolute Gasteiger partial charge is 0.381 e. The number of thioether (sulfide) groups is 1. The lowest BCUT2D eigenvalue weighted by Crippen LogP contribution is -2.52. The summed E-state index contributed by atoms with van der Waals surface area (Å²) in [6.45, 7) is 3.92. The Labute approximate surface area is 120 Å². The maximum atomic E-state index is 12.6. The summed E-state index contributed by atoms with van der Waals surface area (Å²) in [5.41, 5.74) is 5.50. The summed E-state index contributed by atoms with van der Waals surface area (Å²) in [6.07, 6.45) is 5.07. The van der Waals surface area contributed by atoms with Gasteiger partial charge in [0.1, 0.15) is 0 Å². The Bertz CT molecular complexity index is 306. The second-order valence-electron chi connectivity index (χ2n) is 5.60. The molecule has 2 rings (SSSR count). The number of carbonyl (C=O) groups excluding carboxylic acids is 1. The molecule has 2 fully saturated rings. The number of nitrogens with two attached hydrogens (primary N) is 1. The van der Waals surface area contributed by atoms with Gasteiger partial charge >= 0.3 is 0 Å². The van der Waals surface area contributed by atoms with E-state index in [-0.39, 0.29) is 11.3 Å². The predicted molar refractivity (Wildman–Crippen MR) is 79.2 cm³/mol. The first-order valence-corrected chi connectivity index (χ1v) is 8.47. The molecule has 1 saturated heterocycles. The van der Waals surface area contributed by atoms with Gasteiger partial charge in [0.15, 0.2) is 0 Å². The first kappa shape index (κ1) is 15.1. The van der Waals surface area contributed by atoms with E-state index >= 15 is 0 Å². The number of hydrogen-bond acceptors (Lipinski definition) is 4. The van der Waals surface area contributed by atoms with E-state index in [9.17, 15) is 4.79 Å². The van der Waals surface area contributed by atoms with Gasteiger partial charge in [0.2, 0.25) is 5.91 Å². The molecule has 1 saturated carbocycles. The molecule has 1 heterocycles. The topological polar surface area (TPSA) is 64.4 Å². The van der Waals surface area contributed by atoms with Crippen molar-refractivity contribution in [1.82, 2.24) is 5.32 Å². The highest BCUT2D eigenvalue weighted by Crippen LogP contribution is 2.33. The van der Waals surface area contributed by atoms with Gasteiger partial charge in [-0.05, 0) is 31.4 Å². The van der Waals surface area contributed by atoms with E-state index in [1.807, 2.05) is 11.8 Å². The normalized spacial score (nSPS) is 30.2. The minimum absolute atomic E-state index is 0.159. The molecule has 5 heteroatoms. The molecule has 2 aliphatic rings. The Balaban J connectivity index is 1.95. The second-order valence-corrected chi connectivity index (χ2v) is 7.12. The fraction of sp³-hybridized carbons (Fsp3) is 0.929. The Morgan fingerprint density at radius 3 is 2.79 bits per heavy atom. The molecule has 0 aromatic rings. The minimum atomic E-state index is -0.387. The van der Waals surface area contributed by atoms with Gasteiger partial charge in [-0.1, -0.05) is 13.3 Å². The van der Waals surface area contributed by atoms with Gasteiger partial charge in [-0.15, -0.1) is 0 Å². The maximum absolute atomic E-state index is 12.6. The number of rotatable bonds is 5. The molecule has 4 nitrogen and oxygen atoms in total. The first-order valence-electron chi connectivity index (χ1n) is 7.42. The van der Waals surface area contributed by atoms with Crippen LogP contribution >= 0.6 is 11.8 Å². The maximum Gasteiger partial charge on any atom is 0.227 e. The number of carbonyl (C=O) groups is 1. The van der Waals surface area contributed by atoms with Gasteiger partial charge in [0.25, 0.3) is 0 Å². The molecule has 0 radical (unpaired) electrons. The molecule has 0 spiro atoms. The van der Waals surface area contributed by atoms with Crippen LogP contribution in [0.15, 0.2) is 0 Å². The number of amides is 1. The SMILES string of the molecule is CCSC1CCCC1NC(=O)C1(CN)CCOCC1. The Kier molecular flexibility index (Phi) is 5.54. The zero-order valence-electron chi connectivity index (χ0n) is 11.8. The summed E-state index contributed by atoms with van der Waals surface area (Å²) < 4.78 is 5.37. The van der Waals surface area contributed by atoms with Gasteiger partial charge in [-0.3, -0.25) is 4.79 Å². The number of nitrogens with one attached hydrogen (secondary N) is 1. The van der Waals surface area contributed by atoms with Crippen molar-refractivity contribution in [1.29, 1.82) is 0 Å². The van der Waals surface area contributed by atoms with Crippen LogP contribution in [0, 0.1) is 5.41 Å².